The maximum Gasteiger partial charge on any atom is 0.254 e. The van der Waals surface area contributed by atoms with Crippen molar-refractivity contribution in [3.8, 4) is 0 Å². The van der Waals surface area contributed by atoms with Gasteiger partial charge in [0.2, 0.25) is 0 Å². The molecule has 1 aromatic heterocycles. The zero-order valence-corrected chi connectivity index (χ0v) is 10.0. The summed E-state index contributed by atoms with van der Waals surface area (Å²) < 4.78 is 0. The monoisotopic (exact) mass is 244 g/mol. The highest BCUT2D eigenvalue weighted by atomic mass is 35.5. The standard InChI is InChI=1S/C10H16N4O.ClH/c1-6-8(4-13-14-6)10(15)12-5-9(11)7-2-3-7;/h4,7,9H,2-3,5,11H2,1H3,(H,12,15)(H,13,14);1H. The molecule has 5 nitrogen and oxygen atoms in total. The third-order valence-corrected chi connectivity index (χ3v) is 2.80. The van der Waals surface area contributed by atoms with Crippen LogP contribution in [0, 0.1) is 12.8 Å². The quantitative estimate of drug-likeness (QED) is 0.726. The van der Waals surface area contributed by atoms with Gasteiger partial charge in [0.25, 0.3) is 5.91 Å². The van der Waals surface area contributed by atoms with Gasteiger partial charge in [0.15, 0.2) is 0 Å². The van der Waals surface area contributed by atoms with Crippen molar-refractivity contribution in [2.75, 3.05) is 6.54 Å². The van der Waals surface area contributed by atoms with Crippen LogP contribution in [0.1, 0.15) is 28.9 Å². The molecular formula is C10H17ClN4O. The number of halogens is 1. The summed E-state index contributed by atoms with van der Waals surface area (Å²) in [7, 11) is 0. The van der Waals surface area contributed by atoms with Crippen LogP contribution in [0.25, 0.3) is 0 Å². The number of aromatic amines is 1. The Morgan fingerprint density at radius 3 is 2.94 bits per heavy atom. The molecule has 0 radical (unpaired) electrons. The molecule has 0 saturated heterocycles. The van der Waals surface area contributed by atoms with Crippen LogP contribution in [-0.4, -0.2) is 28.7 Å². The number of nitrogens with two attached hydrogens (primary N) is 1. The number of hydrogen-bond acceptors (Lipinski definition) is 3. The molecule has 2 rings (SSSR count). The molecule has 1 aromatic rings. The number of hydrogen-bond donors (Lipinski definition) is 3. The Kier molecular flexibility index (Phi) is 4.32. The molecular weight excluding hydrogens is 228 g/mol. The van der Waals surface area contributed by atoms with Gasteiger partial charge in [-0.05, 0) is 25.7 Å². The fourth-order valence-electron chi connectivity index (χ4n) is 1.58. The number of nitrogens with zero attached hydrogens (tertiary/aromatic N) is 1. The zero-order valence-electron chi connectivity index (χ0n) is 9.19. The van der Waals surface area contributed by atoms with E-state index in [1.165, 1.54) is 19.0 Å². The Morgan fingerprint density at radius 2 is 2.44 bits per heavy atom. The summed E-state index contributed by atoms with van der Waals surface area (Å²) in [6.07, 6.45) is 3.93. The fraction of sp³-hybridized carbons (Fsp3) is 0.600. The summed E-state index contributed by atoms with van der Waals surface area (Å²) in [4.78, 5) is 11.6. The van der Waals surface area contributed by atoms with E-state index in [0.29, 0.717) is 18.0 Å². The second kappa shape index (κ2) is 5.32. The number of H-pyrrole nitrogens is 1. The number of aromatic nitrogens is 2. The van der Waals surface area contributed by atoms with Crippen LogP contribution in [0.5, 0.6) is 0 Å². The molecule has 0 spiro atoms. The number of carbonyl (C=O) groups excluding carboxylic acids is 1. The first-order valence-electron chi connectivity index (χ1n) is 5.22. The first-order chi connectivity index (χ1) is 7.18. The third-order valence-electron chi connectivity index (χ3n) is 2.80. The maximum absolute atomic E-state index is 11.6. The number of nitrogens with one attached hydrogen (secondary N) is 2. The lowest BCUT2D eigenvalue weighted by Gasteiger charge is -2.10. The van der Waals surface area contributed by atoms with Gasteiger partial charge in [-0.3, -0.25) is 9.89 Å². The maximum atomic E-state index is 11.6. The smallest absolute Gasteiger partial charge is 0.254 e. The van der Waals surface area contributed by atoms with Gasteiger partial charge in [-0.25, -0.2) is 0 Å². The summed E-state index contributed by atoms with van der Waals surface area (Å²) in [5.41, 5.74) is 7.26. The van der Waals surface area contributed by atoms with E-state index in [4.69, 9.17) is 5.73 Å². The van der Waals surface area contributed by atoms with E-state index in [-0.39, 0.29) is 24.4 Å². The minimum absolute atomic E-state index is 0. The molecule has 0 aromatic carbocycles. The minimum Gasteiger partial charge on any atom is -0.350 e. The summed E-state index contributed by atoms with van der Waals surface area (Å²) in [5.74, 6) is 0.507. The Balaban J connectivity index is 0.00000128. The summed E-state index contributed by atoms with van der Waals surface area (Å²) in [5, 5.41) is 9.35. The summed E-state index contributed by atoms with van der Waals surface area (Å²) >= 11 is 0. The van der Waals surface area contributed by atoms with Crippen molar-refractivity contribution in [2.24, 2.45) is 11.7 Å². The molecule has 6 heteroatoms. The van der Waals surface area contributed by atoms with Gasteiger partial charge in [0, 0.05) is 18.3 Å². The van der Waals surface area contributed by atoms with Crippen LogP contribution in [0.2, 0.25) is 0 Å². The Hall–Kier alpha value is -1.07. The predicted molar refractivity (Wildman–Crippen MR) is 63.6 cm³/mol. The van der Waals surface area contributed by atoms with Gasteiger partial charge >= 0.3 is 0 Å². The lowest BCUT2D eigenvalue weighted by atomic mass is 10.2. The van der Waals surface area contributed by atoms with Crippen molar-refractivity contribution in [1.82, 2.24) is 15.5 Å². The first-order valence-corrected chi connectivity index (χ1v) is 5.22. The number of amides is 1. The largest absolute Gasteiger partial charge is 0.350 e. The lowest BCUT2D eigenvalue weighted by Crippen LogP contribution is -2.38. The molecule has 0 aliphatic heterocycles. The SMILES string of the molecule is Cc1[nH]ncc1C(=O)NCC(N)C1CC1.Cl. The van der Waals surface area contributed by atoms with Crippen molar-refractivity contribution in [3.05, 3.63) is 17.5 Å². The summed E-state index contributed by atoms with van der Waals surface area (Å²) in [6, 6.07) is 0.0983. The normalized spacial score (nSPS) is 16.4. The molecule has 1 heterocycles. The van der Waals surface area contributed by atoms with Gasteiger partial charge in [-0.1, -0.05) is 0 Å². The predicted octanol–water partition coefficient (Wildman–Crippen LogP) is 0.607. The van der Waals surface area contributed by atoms with Crippen molar-refractivity contribution in [3.63, 3.8) is 0 Å². The zero-order chi connectivity index (χ0) is 10.8. The molecule has 4 N–H and O–H groups in total. The van der Waals surface area contributed by atoms with E-state index in [9.17, 15) is 4.79 Å². The van der Waals surface area contributed by atoms with Crippen LogP contribution in [0.15, 0.2) is 6.20 Å². The molecule has 1 fully saturated rings. The number of rotatable bonds is 4. The highest BCUT2D eigenvalue weighted by Crippen LogP contribution is 2.31. The molecule has 0 bridgehead atoms. The van der Waals surface area contributed by atoms with Gasteiger partial charge in [0.05, 0.1) is 11.8 Å². The van der Waals surface area contributed by atoms with Gasteiger partial charge < -0.3 is 11.1 Å². The highest BCUT2D eigenvalue weighted by molar-refractivity contribution is 5.94. The van der Waals surface area contributed by atoms with Crippen molar-refractivity contribution >= 4 is 18.3 Å². The third kappa shape index (κ3) is 2.96. The number of aryl methyl sites for hydroxylation is 1. The molecule has 90 valence electrons. The molecule has 16 heavy (non-hydrogen) atoms. The van der Waals surface area contributed by atoms with Gasteiger partial charge in [-0.15, -0.1) is 12.4 Å². The summed E-state index contributed by atoms with van der Waals surface area (Å²) in [6.45, 7) is 2.37. The topological polar surface area (TPSA) is 83.8 Å². The molecule has 1 aliphatic rings. The lowest BCUT2D eigenvalue weighted by molar-refractivity contribution is 0.0950. The average molecular weight is 245 g/mol. The molecule has 1 atom stereocenters. The van der Waals surface area contributed by atoms with Crippen LogP contribution >= 0.6 is 12.4 Å². The Bertz CT molecular complexity index is 361. The Labute approximate surface area is 101 Å². The van der Waals surface area contributed by atoms with E-state index < -0.39 is 0 Å². The fourth-order valence-corrected chi connectivity index (χ4v) is 1.58. The van der Waals surface area contributed by atoms with Crippen LogP contribution < -0.4 is 11.1 Å². The average Bonchev–Trinajstić information content (AvgIpc) is 2.98. The van der Waals surface area contributed by atoms with Crippen LogP contribution in [0.4, 0.5) is 0 Å². The van der Waals surface area contributed by atoms with E-state index >= 15 is 0 Å². The molecule has 1 saturated carbocycles. The van der Waals surface area contributed by atoms with Crippen LogP contribution in [0.3, 0.4) is 0 Å². The Morgan fingerprint density at radius 1 is 1.75 bits per heavy atom. The second-order valence-electron chi connectivity index (χ2n) is 4.12. The van der Waals surface area contributed by atoms with E-state index in [1.807, 2.05) is 6.92 Å². The van der Waals surface area contributed by atoms with Crippen molar-refractivity contribution < 1.29 is 4.79 Å². The van der Waals surface area contributed by atoms with Gasteiger partial charge in [-0.2, -0.15) is 5.10 Å². The van der Waals surface area contributed by atoms with E-state index in [1.54, 1.807) is 0 Å². The van der Waals surface area contributed by atoms with Crippen molar-refractivity contribution in [1.29, 1.82) is 0 Å². The minimum atomic E-state index is -0.0997. The number of carbonyl (C=O) groups is 1. The first kappa shape index (κ1) is 13.0. The molecule has 1 amide bonds. The second-order valence-corrected chi connectivity index (χ2v) is 4.12. The highest BCUT2D eigenvalue weighted by Gasteiger charge is 2.28. The van der Waals surface area contributed by atoms with Crippen molar-refractivity contribution in [2.45, 2.75) is 25.8 Å². The molecule has 1 unspecified atom stereocenters. The van der Waals surface area contributed by atoms with E-state index in [0.717, 1.165) is 5.69 Å². The molecule has 1 aliphatic carbocycles. The van der Waals surface area contributed by atoms with Crippen LogP contribution in [-0.2, 0) is 0 Å². The van der Waals surface area contributed by atoms with Gasteiger partial charge in [0.1, 0.15) is 0 Å². The van der Waals surface area contributed by atoms with E-state index in [2.05, 4.69) is 15.5 Å².